The lowest BCUT2D eigenvalue weighted by atomic mass is 10.2. The van der Waals surface area contributed by atoms with Crippen LogP contribution in [-0.4, -0.2) is 20.6 Å². The summed E-state index contributed by atoms with van der Waals surface area (Å²) in [6.07, 6.45) is 7.17. The maximum Gasteiger partial charge on any atom is 0.226 e. The third-order valence-electron chi connectivity index (χ3n) is 2.58. The fourth-order valence-electron chi connectivity index (χ4n) is 1.59. The fourth-order valence-corrected chi connectivity index (χ4v) is 2.11. The Hall–Kier alpha value is -1.75. The molecule has 0 saturated heterocycles. The van der Waals surface area contributed by atoms with Crippen molar-refractivity contribution in [2.75, 3.05) is 6.26 Å². The van der Waals surface area contributed by atoms with Crippen molar-refractivity contribution >= 4 is 23.0 Å². The van der Waals surface area contributed by atoms with Crippen molar-refractivity contribution in [3.05, 3.63) is 41.5 Å². The minimum atomic E-state index is -0.940. The third kappa shape index (κ3) is 3.86. The van der Waals surface area contributed by atoms with Crippen molar-refractivity contribution in [3.63, 3.8) is 0 Å². The first-order valence-electron chi connectivity index (χ1n) is 6.13. The van der Waals surface area contributed by atoms with Crippen LogP contribution in [0.1, 0.15) is 30.6 Å². The Morgan fingerprint density at radius 2 is 2.00 bits per heavy atom. The van der Waals surface area contributed by atoms with Crippen LogP contribution in [0.2, 0.25) is 0 Å². The quantitative estimate of drug-likeness (QED) is 0.842. The highest BCUT2D eigenvalue weighted by atomic mass is 32.2. The minimum Gasteiger partial charge on any atom is -0.339 e. The maximum atomic E-state index is 11.3. The average Bonchev–Trinajstić information content (AvgIpc) is 2.85. The summed E-state index contributed by atoms with van der Waals surface area (Å²) in [7, 11) is -0.940. The molecule has 0 radical (unpaired) electrons. The lowest BCUT2D eigenvalue weighted by Crippen LogP contribution is -1.86. The fraction of sp³-hybridized carbons (Fsp3) is 0.286. The van der Waals surface area contributed by atoms with Crippen LogP contribution in [0.5, 0.6) is 0 Å². The van der Waals surface area contributed by atoms with E-state index in [2.05, 4.69) is 17.1 Å². The highest BCUT2D eigenvalue weighted by molar-refractivity contribution is 7.84. The van der Waals surface area contributed by atoms with E-state index in [0.717, 1.165) is 23.3 Å². The van der Waals surface area contributed by atoms with Gasteiger partial charge in [-0.05, 0) is 30.2 Å². The van der Waals surface area contributed by atoms with Gasteiger partial charge in [0.2, 0.25) is 5.89 Å². The highest BCUT2D eigenvalue weighted by Crippen LogP contribution is 2.10. The van der Waals surface area contributed by atoms with E-state index in [1.807, 2.05) is 30.3 Å². The number of aryl methyl sites for hydroxylation is 1. The molecular weight excluding hydrogens is 260 g/mol. The molecule has 0 spiro atoms. The first-order valence-corrected chi connectivity index (χ1v) is 7.69. The number of hydrogen-bond donors (Lipinski definition) is 0. The van der Waals surface area contributed by atoms with Crippen molar-refractivity contribution in [1.82, 2.24) is 10.1 Å². The SMILES string of the molecule is CCCc1nc(/C=C/c2ccc(S(C)=O)cc2)no1. The zero-order chi connectivity index (χ0) is 13.7. The van der Waals surface area contributed by atoms with Crippen LogP contribution in [0.25, 0.3) is 12.2 Å². The molecule has 19 heavy (non-hydrogen) atoms. The Kier molecular flexibility index (Phi) is 4.63. The van der Waals surface area contributed by atoms with Crippen LogP contribution < -0.4 is 0 Å². The Morgan fingerprint density at radius 1 is 1.26 bits per heavy atom. The van der Waals surface area contributed by atoms with Gasteiger partial charge in [-0.2, -0.15) is 4.98 Å². The second-order valence-corrected chi connectivity index (χ2v) is 5.53. The predicted octanol–water partition coefficient (Wildman–Crippen LogP) is 2.93. The van der Waals surface area contributed by atoms with E-state index in [0.29, 0.717) is 11.7 Å². The molecule has 0 aliphatic carbocycles. The van der Waals surface area contributed by atoms with Gasteiger partial charge >= 0.3 is 0 Å². The minimum absolute atomic E-state index is 0.576. The summed E-state index contributed by atoms with van der Waals surface area (Å²) in [6, 6.07) is 7.55. The van der Waals surface area contributed by atoms with Crippen LogP contribution in [0.4, 0.5) is 0 Å². The van der Waals surface area contributed by atoms with Gasteiger partial charge in [-0.15, -0.1) is 0 Å². The molecule has 0 saturated carbocycles. The lowest BCUT2D eigenvalue weighted by molar-refractivity contribution is 0.375. The predicted molar refractivity (Wildman–Crippen MR) is 76.0 cm³/mol. The van der Waals surface area contributed by atoms with E-state index in [-0.39, 0.29) is 0 Å². The normalized spacial score (nSPS) is 12.9. The number of benzene rings is 1. The number of nitrogens with zero attached hydrogens (tertiary/aromatic N) is 2. The molecule has 0 bridgehead atoms. The summed E-state index contributed by atoms with van der Waals surface area (Å²) in [5.41, 5.74) is 1.01. The molecule has 2 rings (SSSR count). The first kappa shape index (κ1) is 13.7. The highest BCUT2D eigenvalue weighted by Gasteiger charge is 2.01. The van der Waals surface area contributed by atoms with Crippen LogP contribution in [-0.2, 0) is 17.2 Å². The third-order valence-corrected chi connectivity index (χ3v) is 3.52. The summed E-state index contributed by atoms with van der Waals surface area (Å²) < 4.78 is 16.4. The van der Waals surface area contributed by atoms with Crippen molar-refractivity contribution < 1.29 is 8.73 Å². The topological polar surface area (TPSA) is 56.0 Å². The molecule has 1 aromatic heterocycles. The summed E-state index contributed by atoms with van der Waals surface area (Å²) >= 11 is 0. The van der Waals surface area contributed by atoms with E-state index in [1.54, 1.807) is 12.3 Å². The second kappa shape index (κ2) is 6.43. The standard InChI is InChI=1S/C14H16N2O2S/c1-3-4-14-15-13(16-18-14)10-7-11-5-8-12(9-6-11)19(2)17/h5-10H,3-4H2,1-2H3/b10-7+. The van der Waals surface area contributed by atoms with Gasteiger partial charge in [-0.3, -0.25) is 4.21 Å². The molecule has 1 atom stereocenters. The second-order valence-electron chi connectivity index (χ2n) is 4.15. The van der Waals surface area contributed by atoms with E-state index < -0.39 is 10.8 Å². The van der Waals surface area contributed by atoms with Crippen molar-refractivity contribution in [2.24, 2.45) is 0 Å². The Balaban J connectivity index is 2.06. The molecule has 0 fully saturated rings. The van der Waals surface area contributed by atoms with Crippen molar-refractivity contribution in [2.45, 2.75) is 24.7 Å². The molecule has 1 unspecified atom stereocenters. The summed E-state index contributed by atoms with van der Waals surface area (Å²) in [4.78, 5) is 5.07. The summed E-state index contributed by atoms with van der Waals surface area (Å²) in [5, 5.41) is 3.87. The lowest BCUT2D eigenvalue weighted by Gasteiger charge is -1.96. The molecular formula is C14H16N2O2S. The van der Waals surface area contributed by atoms with E-state index in [9.17, 15) is 4.21 Å². The van der Waals surface area contributed by atoms with Gasteiger partial charge < -0.3 is 4.52 Å². The molecule has 0 amide bonds. The monoisotopic (exact) mass is 276 g/mol. The largest absolute Gasteiger partial charge is 0.339 e. The van der Waals surface area contributed by atoms with Gasteiger partial charge in [0.1, 0.15) is 0 Å². The molecule has 4 nitrogen and oxygen atoms in total. The van der Waals surface area contributed by atoms with Crippen LogP contribution in [0.15, 0.2) is 33.7 Å². The molecule has 5 heteroatoms. The molecule has 1 aromatic carbocycles. The van der Waals surface area contributed by atoms with Gasteiger partial charge in [-0.1, -0.05) is 30.3 Å². The molecule has 0 N–H and O–H groups in total. The van der Waals surface area contributed by atoms with E-state index in [4.69, 9.17) is 4.52 Å². The van der Waals surface area contributed by atoms with Crippen molar-refractivity contribution in [1.29, 1.82) is 0 Å². The molecule has 1 heterocycles. The van der Waals surface area contributed by atoms with Crippen LogP contribution in [0.3, 0.4) is 0 Å². The molecule has 0 aliphatic rings. The first-order chi connectivity index (χ1) is 9.19. The molecule has 100 valence electrons. The number of rotatable bonds is 5. The zero-order valence-electron chi connectivity index (χ0n) is 11.0. The average molecular weight is 276 g/mol. The Labute approximate surface area is 115 Å². The van der Waals surface area contributed by atoms with Crippen LogP contribution >= 0.6 is 0 Å². The maximum absolute atomic E-state index is 11.3. The molecule has 2 aromatic rings. The van der Waals surface area contributed by atoms with Crippen LogP contribution in [0, 0.1) is 0 Å². The van der Waals surface area contributed by atoms with E-state index >= 15 is 0 Å². The van der Waals surface area contributed by atoms with Gasteiger partial charge in [0.05, 0.1) is 0 Å². The number of aromatic nitrogens is 2. The number of hydrogen-bond acceptors (Lipinski definition) is 4. The zero-order valence-corrected chi connectivity index (χ0v) is 11.8. The van der Waals surface area contributed by atoms with Gasteiger partial charge in [0.25, 0.3) is 0 Å². The van der Waals surface area contributed by atoms with Gasteiger partial charge in [0.15, 0.2) is 5.82 Å². The molecule has 0 aliphatic heterocycles. The smallest absolute Gasteiger partial charge is 0.226 e. The van der Waals surface area contributed by atoms with Gasteiger partial charge in [-0.25, -0.2) is 0 Å². The van der Waals surface area contributed by atoms with Crippen molar-refractivity contribution in [3.8, 4) is 0 Å². The van der Waals surface area contributed by atoms with E-state index in [1.165, 1.54) is 0 Å². The summed E-state index contributed by atoms with van der Waals surface area (Å²) in [6.45, 7) is 2.07. The van der Waals surface area contributed by atoms with Gasteiger partial charge in [0, 0.05) is 28.4 Å². The summed E-state index contributed by atoms with van der Waals surface area (Å²) in [5.74, 6) is 1.24. The Bertz CT molecular complexity index is 588. The Morgan fingerprint density at radius 3 is 2.63 bits per heavy atom.